The third-order valence-electron chi connectivity index (χ3n) is 2.93. The van der Waals surface area contributed by atoms with E-state index in [9.17, 15) is 0 Å². The van der Waals surface area contributed by atoms with E-state index in [1.165, 1.54) is 5.56 Å². The molecule has 17 heavy (non-hydrogen) atoms. The first-order valence-corrected chi connectivity index (χ1v) is 5.87. The minimum atomic E-state index is 0.346. The first kappa shape index (κ1) is 11.8. The first-order valence-electron chi connectivity index (χ1n) is 5.87. The maximum Gasteiger partial charge on any atom is 0.109 e. The topological polar surface area (TPSA) is 42.7 Å². The van der Waals surface area contributed by atoms with Crippen LogP contribution in [0.4, 0.5) is 0 Å². The number of imidazole rings is 1. The van der Waals surface area contributed by atoms with E-state index < -0.39 is 0 Å². The number of hydrogen-bond donors (Lipinski definition) is 1. The number of aromatic nitrogens is 3. The van der Waals surface area contributed by atoms with Gasteiger partial charge in [0.25, 0.3) is 0 Å². The minimum absolute atomic E-state index is 0.346. The average Bonchev–Trinajstić information content (AvgIpc) is 2.76. The van der Waals surface area contributed by atoms with Gasteiger partial charge in [0, 0.05) is 50.8 Å². The number of rotatable bonds is 5. The van der Waals surface area contributed by atoms with Crippen molar-refractivity contribution in [2.45, 2.75) is 19.4 Å². The molecule has 0 bridgehead atoms. The van der Waals surface area contributed by atoms with Gasteiger partial charge in [-0.05, 0) is 24.6 Å². The smallest absolute Gasteiger partial charge is 0.109 e. The summed E-state index contributed by atoms with van der Waals surface area (Å²) in [4.78, 5) is 8.32. The molecule has 1 N–H and O–H groups in total. The highest BCUT2D eigenvalue weighted by Gasteiger charge is 2.04. The van der Waals surface area contributed by atoms with Gasteiger partial charge >= 0.3 is 0 Å². The third kappa shape index (κ3) is 3.14. The Morgan fingerprint density at radius 1 is 1.29 bits per heavy atom. The highest BCUT2D eigenvalue weighted by Crippen LogP contribution is 2.09. The maximum atomic E-state index is 4.30. The Morgan fingerprint density at radius 3 is 2.71 bits per heavy atom. The van der Waals surface area contributed by atoms with Crippen LogP contribution in [0.1, 0.15) is 24.4 Å². The van der Waals surface area contributed by atoms with E-state index in [0.717, 1.165) is 18.8 Å². The Balaban J connectivity index is 1.81. The predicted molar refractivity (Wildman–Crippen MR) is 67.6 cm³/mol. The van der Waals surface area contributed by atoms with E-state index >= 15 is 0 Å². The third-order valence-corrected chi connectivity index (χ3v) is 2.93. The monoisotopic (exact) mass is 230 g/mol. The van der Waals surface area contributed by atoms with Gasteiger partial charge in [-0.15, -0.1) is 0 Å². The summed E-state index contributed by atoms with van der Waals surface area (Å²) in [6.45, 7) is 3.09. The van der Waals surface area contributed by atoms with Crippen LogP contribution in [0.15, 0.2) is 36.9 Å². The standard InChI is InChI=1S/C13H18N4/c1-11(12-3-6-14-7-4-12)15-8-5-13-16-9-10-17(13)2/h3-4,6-7,9-11,15H,5,8H2,1-2H3/t11-/m0/s1. The highest BCUT2D eigenvalue weighted by molar-refractivity contribution is 5.13. The molecule has 0 aliphatic carbocycles. The molecule has 4 nitrogen and oxygen atoms in total. The van der Waals surface area contributed by atoms with Crippen LogP contribution in [-0.4, -0.2) is 21.1 Å². The summed E-state index contributed by atoms with van der Waals surface area (Å²) >= 11 is 0. The first-order chi connectivity index (χ1) is 8.27. The quantitative estimate of drug-likeness (QED) is 0.850. The average molecular weight is 230 g/mol. The van der Waals surface area contributed by atoms with Crippen molar-refractivity contribution in [1.82, 2.24) is 19.9 Å². The molecule has 0 unspecified atom stereocenters. The van der Waals surface area contributed by atoms with Crippen LogP contribution in [0.5, 0.6) is 0 Å². The van der Waals surface area contributed by atoms with Gasteiger partial charge in [-0.2, -0.15) is 0 Å². The molecule has 0 spiro atoms. The maximum absolute atomic E-state index is 4.30. The van der Waals surface area contributed by atoms with Crippen LogP contribution in [0.2, 0.25) is 0 Å². The summed E-state index contributed by atoms with van der Waals surface area (Å²) in [6.07, 6.45) is 8.40. The Morgan fingerprint density at radius 2 is 2.06 bits per heavy atom. The van der Waals surface area contributed by atoms with Gasteiger partial charge in [0.2, 0.25) is 0 Å². The molecule has 0 aliphatic heterocycles. The molecule has 0 saturated heterocycles. The van der Waals surface area contributed by atoms with E-state index in [2.05, 4.69) is 26.8 Å². The molecule has 0 fully saturated rings. The number of aryl methyl sites for hydroxylation is 1. The zero-order valence-electron chi connectivity index (χ0n) is 10.3. The van der Waals surface area contributed by atoms with Crippen molar-refractivity contribution in [3.63, 3.8) is 0 Å². The second-order valence-electron chi connectivity index (χ2n) is 4.16. The second-order valence-corrected chi connectivity index (χ2v) is 4.16. The molecule has 0 aliphatic rings. The largest absolute Gasteiger partial charge is 0.338 e. The van der Waals surface area contributed by atoms with E-state index in [-0.39, 0.29) is 0 Å². The van der Waals surface area contributed by atoms with E-state index in [4.69, 9.17) is 0 Å². The fraction of sp³-hybridized carbons (Fsp3) is 0.385. The van der Waals surface area contributed by atoms with Crippen LogP contribution in [0.3, 0.4) is 0 Å². The summed E-state index contributed by atoms with van der Waals surface area (Å²) in [5, 5.41) is 3.48. The van der Waals surface area contributed by atoms with Crippen molar-refractivity contribution >= 4 is 0 Å². The molecule has 0 saturated carbocycles. The minimum Gasteiger partial charge on any atom is -0.338 e. The molecule has 0 aromatic carbocycles. The van der Waals surface area contributed by atoms with Crippen molar-refractivity contribution in [3.05, 3.63) is 48.3 Å². The second kappa shape index (κ2) is 5.59. The molecule has 2 aromatic heterocycles. The Labute approximate surface area is 102 Å². The van der Waals surface area contributed by atoms with Gasteiger partial charge in [0.1, 0.15) is 5.82 Å². The van der Waals surface area contributed by atoms with Crippen LogP contribution in [-0.2, 0) is 13.5 Å². The van der Waals surface area contributed by atoms with Crippen molar-refractivity contribution in [1.29, 1.82) is 0 Å². The normalized spacial score (nSPS) is 12.6. The summed E-state index contributed by atoms with van der Waals surface area (Å²) < 4.78 is 2.05. The fourth-order valence-corrected chi connectivity index (χ4v) is 1.81. The molecular weight excluding hydrogens is 212 g/mol. The van der Waals surface area contributed by atoms with Crippen molar-refractivity contribution < 1.29 is 0 Å². The van der Waals surface area contributed by atoms with Crippen LogP contribution in [0.25, 0.3) is 0 Å². The van der Waals surface area contributed by atoms with Crippen LogP contribution >= 0.6 is 0 Å². The molecule has 0 radical (unpaired) electrons. The molecule has 2 aromatic rings. The van der Waals surface area contributed by atoms with E-state index in [1.54, 1.807) is 0 Å². The number of hydrogen-bond acceptors (Lipinski definition) is 3. The van der Waals surface area contributed by atoms with E-state index in [1.807, 2.05) is 44.0 Å². The SMILES string of the molecule is C[C@H](NCCc1nccn1C)c1ccncc1. The fourth-order valence-electron chi connectivity index (χ4n) is 1.81. The molecule has 90 valence electrons. The van der Waals surface area contributed by atoms with Crippen molar-refractivity contribution in [3.8, 4) is 0 Å². The molecule has 1 atom stereocenters. The van der Waals surface area contributed by atoms with Crippen LogP contribution < -0.4 is 5.32 Å². The molecule has 4 heteroatoms. The number of pyridine rings is 1. The van der Waals surface area contributed by atoms with Crippen LogP contribution in [0, 0.1) is 0 Å². The lowest BCUT2D eigenvalue weighted by atomic mass is 10.1. The molecule has 2 rings (SSSR count). The Hall–Kier alpha value is -1.68. The van der Waals surface area contributed by atoms with Gasteiger partial charge in [-0.3, -0.25) is 4.98 Å². The van der Waals surface area contributed by atoms with Gasteiger partial charge in [0.15, 0.2) is 0 Å². The summed E-state index contributed by atoms with van der Waals surface area (Å²) in [5.74, 6) is 1.11. The molecule has 0 amide bonds. The number of nitrogens with one attached hydrogen (secondary N) is 1. The Kier molecular flexibility index (Phi) is 3.88. The van der Waals surface area contributed by atoms with Gasteiger partial charge in [-0.25, -0.2) is 4.98 Å². The van der Waals surface area contributed by atoms with Crippen molar-refractivity contribution in [2.75, 3.05) is 6.54 Å². The van der Waals surface area contributed by atoms with Crippen molar-refractivity contribution in [2.24, 2.45) is 7.05 Å². The zero-order valence-corrected chi connectivity index (χ0v) is 10.3. The number of nitrogens with zero attached hydrogens (tertiary/aromatic N) is 3. The molecule has 2 heterocycles. The summed E-state index contributed by atoms with van der Waals surface area (Å²) in [6, 6.07) is 4.43. The summed E-state index contributed by atoms with van der Waals surface area (Å²) in [7, 11) is 2.02. The lowest BCUT2D eigenvalue weighted by Gasteiger charge is -2.13. The Bertz CT molecular complexity index is 449. The van der Waals surface area contributed by atoms with Gasteiger partial charge in [0.05, 0.1) is 0 Å². The van der Waals surface area contributed by atoms with Gasteiger partial charge < -0.3 is 9.88 Å². The van der Waals surface area contributed by atoms with Gasteiger partial charge in [-0.1, -0.05) is 0 Å². The lowest BCUT2D eigenvalue weighted by Crippen LogP contribution is -2.22. The zero-order chi connectivity index (χ0) is 12.1. The molecular formula is C13H18N4. The summed E-state index contributed by atoms with van der Waals surface area (Å²) in [5.41, 5.74) is 1.26. The lowest BCUT2D eigenvalue weighted by molar-refractivity contribution is 0.564. The van der Waals surface area contributed by atoms with E-state index in [0.29, 0.717) is 6.04 Å². The predicted octanol–water partition coefficient (Wildman–Crippen LogP) is 1.71. The highest BCUT2D eigenvalue weighted by atomic mass is 15.0.